The van der Waals surface area contributed by atoms with Gasteiger partial charge in [0.25, 0.3) is 0 Å². The Morgan fingerprint density at radius 1 is 0.867 bits per heavy atom. The normalized spacial score (nSPS) is 17.5. The van der Waals surface area contributed by atoms with E-state index in [2.05, 4.69) is 16.0 Å². The van der Waals surface area contributed by atoms with Crippen molar-refractivity contribution in [3.63, 3.8) is 0 Å². The van der Waals surface area contributed by atoms with E-state index in [4.69, 9.17) is 28.4 Å². The fourth-order valence-corrected chi connectivity index (χ4v) is 9.70. The number of hydrogen-bond acceptors (Lipinski definition) is 15. The molecule has 1 aromatic rings. The summed E-state index contributed by atoms with van der Waals surface area (Å²) < 4.78 is 33.9. The topological polar surface area (TPSA) is 241 Å². The second kappa shape index (κ2) is 34.1. The number of likely N-dealkylation sites (tertiary alicyclic amines) is 1. The van der Waals surface area contributed by atoms with Crippen LogP contribution in [0.2, 0.25) is 0 Å². The average Bonchev–Trinajstić information content (AvgIpc) is 3.85. The minimum atomic E-state index is -1.06. The molecule has 10 atom stereocenters. The number of carbonyl (C=O) groups is 7. The smallest absolute Gasteiger partial charge is 0.328 e. The van der Waals surface area contributed by atoms with Crippen LogP contribution in [0, 0.1) is 23.2 Å². The molecule has 20 nitrogen and oxygen atoms in total. The van der Waals surface area contributed by atoms with E-state index >= 15 is 0 Å². The second-order valence-corrected chi connectivity index (χ2v) is 21.5. The molecule has 0 spiro atoms. The predicted molar refractivity (Wildman–Crippen MR) is 284 cm³/mol. The summed E-state index contributed by atoms with van der Waals surface area (Å²) in [6.45, 7) is 15.7. The summed E-state index contributed by atoms with van der Waals surface area (Å²) in [5.41, 5.74) is 0.706. The summed E-state index contributed by atoms with van der Waals surface area (Å²) in [4.78, 5) is 98.8. The number of carbonyl (C=O) groups excluding carboxylic acids is 7. The van der Waals surface area contributed by atoms with Gasteiger partial charge in [-0.2, -0.15) is 0 Å². The Balaban J connectivity index is 2.02. The molecule has 1 aliphatic rings. The standard InChI is InChI=1S/C55H94N6O14/c1-15-37(4)50(60(11)46(65)33-57-53(68)49(36(2)3)59(9)10)43(70-12)31-45(64)61-28-20-24-42(61)51(72-14)38(5)52(67)58-41(30-39-22-17-16-18-23-39)54(69)73-29-21-27-56-44(63)25-19-26-47(66)74-35-48(71-13)75-40(34-62)32-55(6,7)8/h16-18,22-23,36-38,40-43,48-51,62H,15,19-21,24-35H2,1-14H3,(H,56,63)(H,57,68)(H,58,67)/t37-,38+,40?,41-,42-,43+,48?,49-,50-,51+/m0/s1. The third-order valence-electron chi connectivity index (χ3n) is 13.8. The summed E-state index contributed by atoms with van der Waals surface area (Å²) >= 11 is 0. The minimum absolute atomic E-state index is 0.0000987. The molecule has 2 rings (SSSR count). The van der Waals surface area contributed by atoms with Gasteiger partial charge >= 0.3 is 11.9 Å². The molecule has 0 radical (unpaired) electrons. The molecule has 0 saturated carbocycles. The zero-order valence-corrected chi connectivity index (χ0v) is 47.6. The van der Waals surface area contributed by atoms with E-state index in [1.165, 1.54) is 21.3 Å². The zero-order valence-electron chi connectivity index (χ0n) is 47.6. The van der Waals surface area contributed by atoms with Crippen molar-refractivity contribution in [2.75, 3.05) is 81.9 Å². The number of amides is 5. The lowest BCUT2D eigenvalue weighted by atomic mass is 9.89. The number of aliphatic hydroxyl groups excluding tert-OH is 1. The van der Waals surface area contributed by atoms with Crippen molar-refractivity contribution in [3.05, 3.63) is 35.9 Å². The van der Waals surface area contributed by atoms with Crippen LogP contribution < -0.4 is 16.0 Å². The first-order valence-electron chi connectivity index (χ1n) is 26.7. The van der Waals surface area contributed by atoms with Crippen LogP contribution in [0.15, 0.2) is 30.3 Å². The van der Waals surface area contributed by atoms with Gasteiger partial charge in [-0.05, 0) is 69.0 Å². The molecule has 1 heterocycles. The number of ether oxygens (including phenoxy) is 6. The van der Waals surface area contributed by atoms with Crippen LogP contribution in [0.3, 0.4) is 0 Å². The van der Waals surface area contributed by atoms with Crippen molar-refractivity contribution in [2.45, 2.75) is 168 Å². The number of likely N-dealkylation sites (N-methyl/N-ethyl adjacent to an activating group) is 2. The molecule has 0 aliphatic carbocycles. The fraction of sp³-hybridized carbons (Fsp3) is 0.764. The van der Waals surface area contributed by atoms with Crippen molar-refractivity contribution in [3.8, 4) is 0 Å². The first-order valence-corrected chi connectivity index (χ1v) is 26.7. The Hall–Kier alpha value is -4.73. The zero-order chi connectivity index (χ0) is 56.4. The Kier molecular flexibility index (Phi) is 30.2. The van der Waals surface area contributed by atoms with Crippen LogP contribution in [0.4, 0.5) is 0 Å². The molecule has 5 amide bonds. The van der Waals surface area contributed by atoms with E-state index in [9.17, 15) is 38.7 Å². The van der Waals surface area contributed by atoms with Crippen LogP contribution in [0.25, 0.3) is 0 Å². The molecule has 1 aromatic carbocycles. The molecule has 4 N–H and O–H groups in total. The van der Waals surface area contributed by atoms with Crippen molar-refractivity contribution >= 4 is 41.5 Å². The molecule has 1 saturated heterocycles. The van der Waals surface area contributed by atoms with Gasteiger partial charge in [0, 0.05) is 60.7 Å². The van der Waals surface area contributed by atoms with Crippen molar-refractivity contribution in [1.82, 2.24) is 30.7 Å². The largest absolute Gasteiger partial charge is 0.464 e. The molecule has 0 aromatic heterocycles. The van der Waals surface area contributed by atoms with Crippen LogP contribution in [0.1, 0.15) is 119 Å². The number of nitrogens with one attached hydrogen (secondary N) is 3. The van der Waals surface area contributed by atoms with Gasteiger partial charge in [0.05, 0.1) is 68.5 Å². The molecule has 20 heteroatoms. The third-order valence-corrected chi connectivity index (χ3v) is 13.8. The van der Waals surface area contributed by atoms with Crippen LogP contribution in [-0.4, -0.2) is 192 Å². The van der Waals surface area contributed by atoms with E-state index < -0.39 is 72.5 Å². The van der Waals surface area contributed by atoms with E-state index in [0.717, 1.165) is 5.56 Å². The molecule has 2 unspecified atom stereocenters. The van der Waals surface area contributed by atoms with Gasteiger partial charge in [0.2, 0.25) is 29.5 Å². The van der Waals surface area contributed by atoms with E-state index in [1.54, 1.807) is 23.8 Å². The number of benzene rings is 1. The Bertz CT molecular complexity index is 1890. The molecule has 428 valence electrons. The molecule has 0 bridgehead atoms. The highest BCUT2D eigenvalue weighted by atomic mass is 16.7. The lowest BCUT2D eigenvalue weighted by Crippen LogP contribution is -2.55. The maximum atomic E-state index is 14.3. The van der Waals surface area contributed by atoms with E-state index in [0.29, 0.717) is 38.6 Å². The third kappa shape index (κ3) is 23.2. The molecular weight excluding hydrogens is 969 g/mol. The summed E-state index contributed by atoms with van der Waals surface area (Å²) in [6.07, 6.45) is 0.512. The number of nitrogens with zero attached hydrogens (tertiary/aromatic N) is 3. The van der Waals surface area contributed by atoms with E-state index in [-0.39, 0.29) is 106 Å². The van der Waals surface area contributed by atoms with E-state index in [1.807, 2.05) is 97.8 Å². The van der Waals surface area contributed by atoms with Crippen molar-refractivity contribution in [2.24, 2.45) is 23.2 Å². The van der Waals surface area contributed by atoms with Gasteiger partial charge in [-0.1, -0.05) is 92.1 Å². The quantitative estimate of drug-likeness (QED) is 0.0429. The maximum Gasteiger partial charge on any atom is 0.328 e. The van der Waals surface area contributed by atoms with Gasteiger partial charge in [0.1, 0.15) is 12.6 Å². The van der Waals surface area contributed by atoms with Gasteiger partial charge in [-0.25, -0.2) is 4.79 Å². The Morgan fingerprint density at radius 2 is 1.55 bits per heavy atom. The Morgan fingerprint density at radius 3 is 2.12 bits per heavy atom. The molecule has 75 heavy (non-hydrogen) atoms. The number of esters is 2. The lowest BCUT2D eigenvalue weighted by molar-refractivity contribution is -0.198. The summed E-state index contributed by atoms with van der Waals surface area (Å²) in [5, 5.41) is 18.2. The highest BCUT2D eigenvalue weighted by molar-refractivity contribution is 5.88. The molecule has 1 fully saturated rings. The SMILES string of the molecule is CC[C@H](C)[C@@H]([C@@H](CC(=O)N1CCC[C@H]1[C@H](OC)[C@@H](C)C(=O)N[C@@H](Cc1ccccc1)C(=O)OCCCNC(=O)CCCC(=O)OCC(OC)OC(CO)CC(C)(C)C)OC)N(C)C(=O)CNC(=O)[C@H](C(C)C)N(C)C. The van der Waals surface area contributed by atoms with Gasteiger partial charge < -0.3 is 59.3 Å². The molecular formula is C55H94N6O14. The first kappa shape index (κ1) is 66.4. The highest BCUT2D eigenvalue weighted by Crippen LogP contribution is 2.30. The molecule has 1 aliphatic heterocycles. The number of hydrogen-bond donors (Lipinski definition) is 4. The monoisotopic (exact) mass is 1060 g/mol. The number of methoxy groups -OCH3 is 3. The predicted octanol–water partition coefficient (Wildman–Crippen LogP) is 3.89. The minimum Gasteiger partial charge on any atom is -0.464 e. The first-order chi connectivity index (χ1) is 35.4. The Labute approximate surface area is 447 Å². The average molecular weight is 1060 g/mol. The lowest BCUT2D eigenvalue weighted by Gasteiger charge is -2.39. The number of aliphatic hydroxyl groups is 1. The van der Waals surface area contributed by atoms with Crippen molar-refractivity contribution in [1.29, 1.82) is 0 Å². The summed E-state index contributed by atoms with van der Waals surface area (Å²) in [6, 6.07) is 6.78. The van der Waals surface area contributed by atoms with Crippen LogP contribution >= 0.6 is 0 Å². The van der Waals surface area contributed by atoms with Crippen LogP contribution in [0.5, 0.6) is 0 Å². The summed E-state index contributed by atoms with van der Waals surface area (Å²) in [7, 11) is 9.75. The van der Waals surface area contributed by atoms with Gasteiger partial charge in [0.15, 0.2) is 6.29 Å². The van der Waals surface area contributed by atoms with Crippen molar-refractivity contribution < 1.29 is 67.1 Å². The second-order valence-electron chi connectivity index (χ2n) is 21.5. The highest BCUT2D eigenvalue weighted by Gasteiger charge is 2.43. The van der Waals surface area contributed by atoms with Gasteiger partial charge in [-0.3, -0.25) is 33.7 Å². The number of rotatable bonds is 35. The van der Waals surface area contributed by atoms with Crippen LogP contribution in [-0.2, 0) is 68.4 Å². The summed E-state index contributed by atoms with van der Waals surface area (Å²) in [5.74, 6) is -3.51. The maximum absolute atomic E-state index is 14.3. The van der Waals surface area contributed by atoms with Gasteiger partial charge in [-0.15, -0.1) is 0 Å². The fourth-order valence-electron chi connectivity index (χ4n) is 9.70.